The highest BCUT2D eigenvalue weighted by atomic mass is 32.2. The number of aryl methyl sites for hydroxylation is 2. The molecule has 2 N–H and O–H groups in total. The molecule has 1 aromatic carbocycles. The van der Waals surface area contributed by atoms with Gasteiger partial charge in [-0.05, 0) is 37.1 Å². The lowest BCUT2D eigenvalue weighted by Crippen LogP contribution is -2.15. The lowest BCUT2D eigenvalue weighted by molar-refractivity contribution is -0.116. The minimum absolute atomic E-state index is 0.00739. The van der Waals surface area contributed by atoms with Gasteiger partial charge in [0.1, 0.15) is 0 Å². The van der Waals surface area contributed by atoms with Crippen molar-refractivity contribution in [3.63, 3.8) is 0 Å². The summed E-state index contributed by atoms with van der Waals surface area (Å²) >= 11 is 1.18. The smallest absolute Gasteiger partial charge is 0.277 e. The number of anilines is 2. The zero-order valence-corrected chi connectivity index (χ0v) is 15.4. The molecule has 0 saturated carbocycles. The summed E-state index contributed by atoms with van der Waals surface area (Å²) in [4.78, 5) is 23.8. The summed E-state index contributed by atoms with van der Waals surface area (Å²) in [6, 6.07) is 5.39. The van der Waals surface area contributed by atoms with E-state index in [1.807, 2.05) is 19.9 Å². The number of amides is 2. The topological polar surface area (TPSA) is 97.1 Å². The molecule has 0 saturated heterocycles. The Morgan fingerprint density at radius 2 is 1.96 bits per heavy atom. The second-order valence-electron chi connectivity index (χ2n) is 5.61. The summed E-state index contributed by atoms with van der Waals surface area (Å²) in [5.74, 6) is 0.485. The van der Waals surface area contributed by atoms with Crippen molar-refractivity contribution in [3.8, 4) is 0 Å². The fourth-order valence-corrected chi connectivity index (χ4v) is 2.70. The van der Waals surface area contributed by atoms with Gasteiger partial charge in [0.05, 0.1) is 5.75 Å². The molecule has 1 aromatic heterocycles. The van der Waals surface area contributed by atoms with E-state index in [4.69, 9.17) is 4.42 Å². The molecule has 2 rings (SSSR count). The lowest BCUT2D eigenvalue weighted by Gasteiger charge is -2.11. The van der Waals surface area contributed by atoms with E-state index in [9.17, 15) is 9.59 Å². The summed E-state index contributed by atoms with van der Waals surface area (Å²) < 4.78 is 5.20. The molecule has 0 atom stereocenters. The Morgan fingerprint density at radius 3 is 2.60 bits per heavy atom. The number of thioether (sulfide) groups is 1. The summed E-state index contributed by atoms with van der Waals surface area (Å²) in [5, 5.41) is 13.6. The molecule has 2 amide bonds. The van der Waals surface area contributed by atoms with E-state index in [1.165, 1.54) is 11.8 Å². The third kappa shape index (κ3) is 6.22. The van der Waals surface area contributed by atoms with Crippen molar-refractivity contribution in [2.75, 3.05) is 16.4 Å². The van der Waals surface area contributed by atoms with Crippen molar-refractivity contribution in [2.45, 2.75) is 45.3 Å². The number of nitrogens with zero attached hydrogens (tertiary/aromatic N) is 2. The van der Waals surface area contributed by atoms with Crippen LogP contribution in [0.15, 0.2) is 27.8 Å². The predicted octanol–water partition coefficient (Wildman–Crippen LogP) is 3.55. The molecule has 0 fully saturated rings. The van der Waals surface area contributed by atoms with E-state index in [1.54, 1.807) is 19.1 Å². The zero-order valence-electron chi connectivity index (χ0n) is 14.6. The molecule has 134 valence electrons. The number of benzene rings is 1. The monoisotopic (exact) mass is 362 g/mol. The first-order chi connectivity index (χ1) is 12.0. The highest BCUT2D eigenvalue weighted by Crippen LogP contribution is 2.21. The van der Waals surface area contributed by atoms with E-state index in [0.29, 0.717) is 23.2 Å². The summed E-state index contributed by atoms with van der Waals surface area (Å²) in [6.07, 6.45) is 2.37. The highest BCUT2D eigenvalue weighted by molar-refractivity contribution is 7.99. The Kier molecular flexibility index (Phi) is 7.00. The van der Waals surface area contributed by atoms with Gasteiger partial charge < -0.3 is 15.1 Å². The largest absolute Gasteiger partial charge is 0.416 e. The van der Waals surface area contributed by atoms with Crippen LogP contribution in [0.2, 0.25) is 0 Å². The Bertz CT molecular complexity index is 745. The van der Waals surface area contributed by atoms with Gasteiger partial charge in [0, 0.05) is 24.7 Å². The molecular formula is C17H22N4O3S. The number of aromatic nitrogens is 2. The molecule has 25 heavy (non-hydrogen) atoms. The number of hydrogen-bond donors (Lipinski definition) is 2. The molecule has 0 radical (unpaired) electrons. The Balaban J connectivity index is 1.86. The molecule has 0 aliphatic heterocycles. The minimum atomic E-state index is -0.167. The van der Waals surface area contributed by atoms with Gasteiger partial charge >= 0.3 is 0 Å². The number of carbonyl (C=O) groups is 2. The summed E-state index contributed by atoms with van der Waals surface area (Å²) in [5.41, 5.74) is 2.33. The normalized spacial score (nSPS) is 10.5. The molecule has 0 spiro atoms. The first-order valence-electron chi connectivity index (χ1n) is 8.11. The van der Waals surface area contributed by atoms with Crippen LogP contribution >= 0.6 is 11.8 Å². The Labute approximate surface area is 151 Å². The summed E-state index contributed by atoms with van der Waals surface area (Å²) in [7, 11) is 0. The van der Waals surface area contributed by atoms with Gasteiger partial charge in [-0.1, -0.05) is 25.1 Å². The maximum Gasteiger partial charge on any atom is 0.277 e. The number of carbonyl (C=O) groups excluding carboxylic acids is 2. The van der Waals surface area contributed by atoms with Crippen LogP contribution in [0.1, 0.15) is 37.6 Å². The third-order valence-corrected chi connectivity index (χ3v) is 4.19. The second-order valence-corrected chi connectivity index (χ2v) is 6.53. The van der Waals surface area contributed by atoms with Crippen LogP contribution in [0.4, 0.5) is 11.4 Å². The molecule has 1 heterocycles. The van der Waals surface area contributed by atoms with Crippen molar-refractivity contribution in [2.24, 2.45) is 0 Å². The maximum absolute atomic E-state index is 12.0. The zero-order chi connectivity index (χ0) is 18.2. The molecule has 0 aliphatic carbocycles. The molecule has 0 bridgehead atoms. The van der Waals surface area contributed by atoms with E-state index in [0.717, 1.165) is 24.1 Å². The van der Waals surface area contributed by atoms with Crippen molar-refractivity contribution < 1.29 is 14.0 Å². The first-order valence-corrected chi connectivity index (χ1v) is 9.09. The van der Waals surface area contributed by atoms with Gasteiger partial charge in [0.25, 0.3) is 5.22 Å². The van der Waals surface area contributed by atoms with Crippen LogP contribution < -0.4 is 10.6 Å². The van der Waals surface area contributed by atoms with Gasteiger partial charge in [-0.2, -0.15) is 0 Å². The van der Waals surface area contributed by atoms with Gasteiger partial charge in [-0.25, -0.2) is 0 Å². The fraction of sp³-hybridized carbons (Fsp3) is 0.412. The van der Waals surface area contributed by atoms with Crippen LogP contribution in [-0.2, 0) is 9.59 Å². The molecule has 0 unspecified atom stereocenters. The van der Waals surface area contributed by atoms with Crippen molar-refractivity contribution in [1.29, 1.82) is 0 Å². The van der Waals surface area contributed by atoms with Crippen LogP contribution in [0.5, 0.6) is 0 Å². The van der Waals surface area contributed by atoms with Gasteiger partial charge in [-0.3, -0.25) is 9.59 Å². The maximum atomic E-state index is 12.0. The van der Waals surface area contributed by atoms with Crippen LogP contribution in [0.3, 0.4) is 0 Å². The van der Waals surface area contributed by atoms with Crippen molar-refractivity contribution in [3.05, 3.63) is 29.7 Å². The number of rotatable bonds is 8. The van der Waals surface area contributed by atoms with Crippen molar-refractivity contribution >= 4 is 35.0 Å². The molecular weight excluding hydrogens is 340 g/mol. The SMILES string of the molecule is CCCCC(=O)Nc1ccc(NC(=O)CSc2nnc(C)o2)cc1C. The molecule has 7 nitrogen and oxygen atoms in total. The van der Waals surface area contributed by atoms with Crippen LogP contribution in [0, 0.1) is 13.8 Å². The highest BCUT2D eigenvalue weighted by Gasteiger charge is 2.10. The second kappa shape index (κ2) is 9.22. The quantitative estimate of drug-likeness (QED) is 0.697. The average molecular weight is 362 g/mol. The summed E-state index contributed by atoms with van der Waals surface area (Å²) in [6.45, 7) is 5.64. The number of nitrogens with one attached hydrogen (secondary N) is 2. The van der Waals surface area contributed by atoms with Crippen molar-refractivity contribution in [1.82, 2.24) is 10.2 Å². The van der Waals surface area contributed by atoms with Crippen LogP contribution in [0.25, 0.3) is 0 Å². The number of unbranched alkanes of at least 4 members (excludes halogenated alkanes) is 1. The Morgan fingerprint density at radius 1 is 1.16 bits per heavy atom. The van der Waals surface area contributed by atoms with E-state index >= 15 is 0 Å². The lowest BCUT2D eigenvalue weighted by atomic mass is 10.1. The minimum Gasteiger partial charge on any atom is -0.416 e. The predicted molar refractivity (Wildman–Crippen MR) is 97.7 cm³/mol. The van der Waals surface area contributed by atoms with Gasteiger partial charge in [-0.15, -0.1) is 10.2 Å². The van der Waals surface area contributed by atoms with Gasteiger partial charge in [0.2, 0.25) is 17.7 Å². The molecule has 2 aromatic rings. The third-order valence-electron chi connectivity index (χ3n) is 3.38. The Hall–Kier alpha value is -2.35. The van der Waals surface area contributed by atoms with E-state index < -0.39 is 0 Å². The van der Waals surface area contributed by atoms with E-state index in [2.05, 4.69) is 20.8 Å². The fourth-order valence-electron chi connectivity index (χ4n) is 2.09. The molecule has 0 aliphatic rings. The van der Waals surface area contributed by atoms with E-state index in [-0.39, 0.29) is 17.6 Å². The van der Waals surface area contributed by atoms with Crippen LogP contribution in [-0.4, -0.2) is 27.8 Å². The first kappa shape index (κ1) is 19.0. The average Bonchev–Trinajstić information content (AvgIpc) is 2.99. The standard InChI is InChI=1S/C17H22N4O3S/c1-4-5-6-15(22)19-14-8-7-13(9-11(14)2)18-16(23)10-25-17-21-20-12(3)24-17/h7-9H,4-6,10H2,1-3H3,(H,18,23)(H,19,22). The van der Waals surface area contributed by atoms with Gasteiger partial charge in [0.15, 0.2) is 0 Å². The molecule has 8 heteroatoms. The number of hydrogen-bond acceptors (Lipinski definition) is 6.